The molecule has 1 aromatic carbocycles. The summed E-state index contributed by atoms with van der Waals surface area (Å²) >= 11 is 0. The Hall–Kier alpha value is -2.85. The van der Waals surface area contributed by atoms with E-state index >= 15 is 0 Å². The van der Waals surface area contributed by atoms with E-state index in [9.17, 15) is 32.9 Å². The molecule has 0 bridgehead atoms. The van der Waals surface area contributed by atoms with Crippen LogP contribution in [0.4, 0.5) is 18.9 Å². The van der Waals surface area contributed by atoms with Gasteiger partial charge in [0, 0.05) is 24.7 Å². The van der Waals surface area contributed by atoms with Crippen molar-refractivity contribution in [2.75, 3.05) is 19.7 Å². The van der Waals surface area contributed by atoms with E-state index < -0.39 is 53.6 Å². The van der Waals surface area contributed by atoms with Gasteiger partial charge in [-0.3, -0.25) is 19.7 Å². The van der Waals surface area contributed by atoms with Gasteiger partial charge < -0.3 is 14.7 Å². The Bertz CT molecular complexity index is 751. The van der Waals surface area contributed by atoms with Gasteiger partial charge >= 0.3 is 17.8 Å². The number of benzene rings is 1. The summed E-state index contributed by atoms with van der Waals surface area (Å²) in [5.74, 6) is -3.05. The molecule has 1 aromatic rings. The van der Waals surface area contributed by atoms with E-state index in [0.717, 1.165) is 11.0 Å². The molecule has 1 atom stereocenters. The van der Waals surface area contributed by atoms with Crippen molar-refractivity contribution in [3.05, 3.63) is 33.9 Å². The average molecular weight is 376 g/mol. The van der Waals surface area contributed by atoms with Gasteiger partial charge in [0.15, 0.2) is 11.2 Å². The fourth-order valence-corrected chi connectivity index (χ4v) is 2.76. The average Bonchev–Trinajstić information content (AvgIpc) is 3.01. The third-order valence-corrected chi connectivity index (χ3v) is 4.21. The molecule has 0 aromatic heterocycles. The number of ether oxygens (including phenoxy) is 1. The summed E-state index contributed by atoms with van der Waals surface area (Å²) in [7, 11) is 0. The number of nitro benzene ring substituents is 1. The molecule has 2 rings (SSSR count). The monoisotopic (exact) mass is 376 g/mol. The second kappa shape index (κ2) is 6.81. The molecule has 8 nitrogen and oxygen atoms in total. The molecule has 0 saturated carbocycles. The molecule has 1 fully saturated rings. The first-order chi connectivity index (χ1) is 12.0. The number of nitro groups is 1. The maximum atomic E-state index is 13.2. The molecule has 11 heteroatoms. The van der Waals surface area contributed by atoms with Crippen molar-refractivity contribution in [3.8, 4) is 5.75 Å². The van der Waals surface area contributed by atoms with Gasteiger partial charge in [-0.2, -0.15) is 13.2 Å². The number of rotatable bonds is 5. The summed E-state index contributed by atoms with van der Waals surface area (Å²) in [6, 6.07) is 3.27. The number of carboxylic acids is 1. The summed E-state index contributed by atoms with van der Waals surface area (Å²) in [6.07, 6.45) is -5.81. The maximum Gasteiger partial charge on any atom is 0.406 e. The number of carbonyl (C=O) groups excluding carboxylic acids is 1. The lowest BCUT2D eigenvalue weighted by Crippen LogP contribution is -2.47. The van der Waals surface area contributed by atoms with E-state index in [-0.39, 0.29) is 17.9 Å². The van der Waals surface area contributed by atoms with Crippen LogP contribution in [0.3, 0.4) is 0 Å². The number of amides is 1. The molecular formula is C15H15F3N2O6. The van der Waals surface area contributed by atoms with Crippen molar-refractivity contribution < 1.29 is 37.5 Å². The molecule has 0 aliphatic carbocycles. The first-order valence-corrected chi connectivity index (χ1v) is 7.54. The highest BCUT2D eigenvalue weighted by atomic mass is 19.4. The van der Waals surface area contributed by atoms with Gasteiger partial charge in [-0.1, -0.05) is 0 Å². The van der Waals surface area contributed by atoms with Gasteiger partial charge in [-0.15, -0.1) is 0 Å². The van der Waals surface area contributed by atoms with Gasteiger partial charge in [0.05, 0.1) is 11.5 Å². The number of alkyl halides is 3. The molecule has 0 radical (unpaired) electrons. The fourth-order valence-electron chi connectivity index (χ4n) is 2.76. The molecule has 142 valence electrons. The lowest BCUT2D eigenvalue weighted by molar-refractivity contribution is -0.385. The zero-order valence-electron chi connectivity index (χ0n) is 13.6. The highest BCUT2D eigenvalue weighted by molar-refractivity contribution is 5.96. The van der Waals surface area contributed by atoms with Crippen LogP contribution in [0.15, 0.2) is 18.2 Å². The maximum absolute atomic E-state index is 13.2. The van der Waals surface area contributed by atoms with E-state index in [1.165, 1.54) is 12.1 Å². The number of hydrogen-bond acceptors (Lipinski definition) is 5. The molecule has 1 amide bonds. The van der Waals surface area contributed by atoms with Crippen molar-refractivity contribution in [2.45, 2.75) is 19.5 Å². The van der Waals surface area contributed by atoms with Crippen LogP contribution in [-0.2, 0) is 4.79 Å². The topological polar surface area (TPSA) is 110 Å². The largest absolute Gasteiger partial charge is 0.487 e. The quantitative estimate of drug-likeness (QED) is 0.624. The Labute approximate surface area is 145 Å². The van der Waals surface area contributed by atoms with Gasteiger partial charge in [-0.05, 0) is 25.5 Å². The number of likely N-dealkylation sites (tertiary alicyclic amines) is 1. The number of carboxylic acid groups (broad SMARTS) is 1. The minimum Gasteiger partial charge on any atom is -0.487 e. The predicted octanol–water partition coefficient (Wildman–Crippen LogP) is 2.47. The van der Waals surface area contributed by atoms with Crippen LogP contribution in [-0.4, -0.2) is 52.7 Å². The van der Waals surface area contributed by atoms with Crippen molar-refractivity contribution in [2.24, 2.45) is 5.41 Å². The second-order valence-electron chi connectivity index (χ2n) is 5.73. The third-order valence-electron chi connectivity index (χ3n) is 4.21. The van der Waals surface area contributed by atoms with E-state index in [2.05, 4.69) is 0 Å². The van der Waals surface area contributed by atoms with Crippen LogP contribution in [0.2, 0.25) is 0 Å². The van der Waals surface area contributed by atoms with Crippen molar-refractivity contribution >= 4 is 17.6 Å². The molecule has 1 aliphatic rings. The predicted molar refractivity (Wildman–Crippen MR) is 80.9 cm³/mol. The van der Waals surface area contributed by atoms with E-state index in [4.69, 9.17) is 9.84 Å². The van der Waals surface area contributed by atoms with E-state index in [1.54, 1.807) is 6.92 Å². The lowest BCUT2D eigenvalue weighted by atomic mass is 9.86. The van der Waals surface area contributed by atoms with Crippen LogP contribution >= 0.6 is 0 Å². The molecular weight excluding hydrogens is 361 g/mol. The van der Waals surface area contributed by atoms with Crippen LogP contribution in [0.25, 0.3) is 0 Å². The van der Waals surface area contributed by atoms with Crippen LogP contribution in [0, 0.1) is 15.5 Å². The first-order valence-electron chi connectivity index (χ1n) is 7.54. The smallest absolute Gasteiger partial charge is 0.406 e. The fraction of sp³-hybridized carbons (Fsp3) is 0.467. The Balaban J connectivity index is 2.32. The van der Waals surface area contributed by atoms with Gasteiger partial charge in [-0.25, -0.2) is 0 Å². The Morgan fingerprint density at radius 1 is 1.42 bits per heavy atom. The molecule has 1 N–H and O–H groups in total. The second-order valence-corrected chi connectivity index (χ2v) is 5.73. The van der Waals surface area contributed by atoms with Crippen molar-refractivity contribution in [3.63, 3.8) is 0 Å². The molecule has 1 unspecified atom stereocenters. The number of carbonyl (C=O) groups is 2. The Morgan fingerprint density at radius 2 is 2.08 bits per heavy atom. The third kappa shape index (κ3) is 3.28. The first kappa shape index (κ1) is 19.5. The highest BCUT2D eigenvalue weighted by Crippen LogP contribution is 2.46. The molecule has 1 aliphatic heterocycles. The number of halogens is 3. The van der Waals surface area contributed by atoms with Gasteiger partial charge in [0.2, 0.25) is 0 Å². The van der Waals surface area contributed by atoms with Crippen LogP contribution in [0.1, 0.15) is 23.7 Å². The number of aliphatic carboxylic acids is 1. The van der Waals surface area contributed by atoms with Crippen molar-refractivity contribution in [1.29, 1.82) is 0 Å². The lowest BCUT2D eigenvalue weighted by Gasteiger charge is -2.27. The number of nitrogens with zero attached hydrogens (tertiary/aromatic N) is 2. The van der Waals surface area contributed by atoms with E-state index in [0.29, 0.717) is 0 Å². The van der Waals surface area contributed by atoms with Crippen molar-refractivity contribution in [1.82, 2.24) is 4.90 Å². The standard InChI is InChI=1S/C15H15F3N2O6/c1-2-26-11-4-3-9(7-10(11)20(24)25)12(21)19-6-5-14(8-19,13(22)23)15(16,17)18/h3-4,7H,2,5-6,8H2,1H3,(H,22,23). The molecule has 0 spiro atoms. The Kier molecular flexibility index (Phi) is 5.10. The molecule has 1 saturated heterocycles. The summed E-state index contributed by atoms with van der Waals surface area (Å²) in [4.78, 5) is 34.7. The minimum atomic E-state index is -5.03. The van der Waals surface area contributed by atoms with Crippen LogP contribution in [0.5, 0.6) is 5.75 Å². The zero-order valence-corrected chi connectivity index (χ0v) is 13.6. The summed E-state index contributed by atoms with van der Waals surface area (Å²) in [6.45, 7) is 0.278. The summed E-state index contributed by atoms with van der Waals surface area (Å²) < 4.78 is 44.6. The molecule has 1 heterocycles. The number of hydrogen-bond donors (Lipinski definition) is 1. The van der Waals surface area contributed by atoms with Gasteiger partial charge in [0.1, 0.15) is 0 Å². The highest BCUT2D eigenvalue weighted by Gasteiger charge is 2.64. The zero-order chi connectivity index (χ0) is 19.7. The molecule has 26 heavy (non-hydrogen) atoms. The normalized spacial score (nSPS) is 20.1. The van der Waals surface area contributed by atoms with Gasteiger partial charge in [0.25, 0.3) is 5.91 Å². The van der Waals surface area contributed by atoms with E-state index in [1.807, 2.05) is 0 Å². The SMILES string of the molecule is CCOc1ccc(C(=O)N2CCC(C(=O)O)(C(F)(F)F)C2)cc1[N+](=O)[O-]. The summed E-state index contributed by atoms with van der Waals surface area (Å²) in [5, 5.41) is 20.1. The minimum absolute atomic E-state index is 0.0781. The van der Waals surface area contributed by atoms with Crippen LogP contribution < -0.4 is 4.74 Å². The summed E-state index contributed by atoms with van der Waals surface area (Å²) in [5.41, 5.74) is -3.76. The Morgan fingerprint density at radius 3 is 2.54 bits per heavy atom.